The second kappa shape index (κ2) is 5.95. The van der Waals surface area contributed by atoms with Crippen LogP contribution in [0.25, 0.3) is 0 Å². The van der Waals surface area contributed by atoms with Crippen molar-refractivity contribution in [3.05, 3.63) is 24.3 Å². The van der Waals surface area contributed by atoms with Crippen molar-refractivity contribution in [2.75, 3.05) is 12.4 Å². The molecule has 0 spiro atoms. The maximum absolute atomic E-state index is 11.9. The molecule has 1 aromatic carbocycles. The summed E-state index contributed by atoms with van der Waals surface area (Å²) in [5.41, 5.74) is 0.709. The molecule has 0 aliphatic rings. The first-order valence-electron chi connectivity index (χ1n) is 5.47. The normalized spacial score (nSPS) is 15.0. The SMILES string of the molecule is COC(C)C(C)Nc1ccc(OC(F)(F)F)cc1. The monoisotopic (exact) mass is 263 g/mol. The van der Waals surface area contributed by atoms with Gasteiger partial charge in [0.2, 0.25) is 0 Å². The van der Waals surface area contributed by atoms with Gasteiger partial charge >= 0.3 is 6.36 Å². The Balaban J connectivity index is 2.60. The standard InChI is InChI=1S/C12H16F3NO2/c1-8(9(2)17-3)16-10-4-6-11(7-5-10)18-12(13,14)15/h4-9,16H,1-3H3. The van der Waals surface area contributed by atoms with Gasteiger partial charge in [0, 0.05) is 18.8 Å². The molecule has 2 unspecified atom stereocenters. The van der Waals surface area contributed by atoms with Crippen LogP contribution in [0, 0.1) is 0 Å². The topological polar surface area (TPSA) is 30.5 Å². The first-order valence-corrected chi connectivity index (χ1v) is 5.47. The molecule has 0 aliphatic heterocycles. The van der Waals surface area contributed by atoms with Gasteiger partial charge in [-0.1, -0.05) is 0 Å². The molecule has 1 aromatic rings. The molecule has 0 bridgehead atoms. The number of ether oxygens (including phenoxy) is 2. The van der Waals surface area contributed by atoms with E-state index in [4.69, 9.17) is 4.74 Å². The number of alkyl halides is 3. The van der Waals surface area contributed by atoms with E-state index in [0.29, 0.717) is 5.69 Å². The van der Waals surface area contributed by atoms with E-state index in [1.165, 1.54) is 24.3 Å². The maximum Gasteiger partial charge on any atom is 0.573 e. The fourth-order valence-electron chi connectivity index (χ4n) is 1.34. The number of anilines is 1. The highest BCUT2D eigenvalue weighted by Gasteiger charge is 2.30. The van der Waals surface area contributed by atoms with Crippen LogP contribution >= 0.6 is 0 Å². The van der Waals surface area contributed by atoms with Gasteiger partial charge < -0.3 is 14.8 Å². The number of rotatable bonds is 5. The van der Waals surface area contributed by atoms with Crippen molar-refractivity contribution in [3.63, 3.8) is 0 Å². The third-order valence-corrected chi connectivity index (χ3v) is 2.56. The average molecular weight is 263 g/mol. The largest absolute Gasteiger partial charge is 0.573 e. The van der Waals surface area contributed by atoms with Crippen LogP contribution in [-0.4, -0.2) is 25.6 Å². The van der Waals surface area contributed by atoms with Gasteiger partial charge in [-0.2, -0.15) is 0 Å². The lowest BCUT2D eigenvalue weighted by Gasteiger charge is -2.21. The van der Waals surface area contributed by atoms with E-state index in [1.54, 1.807) is 7.11 Å². The molecule has 2 atom stereocenters. The summed E-state index contributed by atoms with van der Waals surface area (Å²) in [7, 11) is 1.60. The molecule has 102 valence electrons. The van der Waals surface area contributed by atoms with Crippen LogP contribution in [0.4, 0.5) is 18.9 Å². The van der Waals surface area contributed by atoms with E-state index in [0.717, 1.165) is 0 Å². The lowest BCUT2D eigenvalue weighted by Crippen LogP contribution is -2.29. The summed E-state index contributed by atoms with van der Waals surface area (Å²) < 4.78 is 44.8. The van der Waals surface area contributed by atoms with Gasteiger partial charge in [0.25, 0.3) is 0 Å². The molecule has 0 radical (unpaired) electrons. The Labute approximate surface area is 104 Å². The summed E-state index contributed by atoms with van der Waals surface area (Å²) >= 11 is 0. The van der Waals surface area contributed by atoms with Crippen LogP contribution in [0.1, 0.15) is 13.8 Å². The Kier molecular flexibility index (Phi) is 4.84. The molecule has 18 heavy (non-hydrogen) atoms. The molecule has 0 aromatic heterocycles. The highest BCUT2D eigenvalue weighted by molar-refractivity contribution is 5.47. The number of methoxy groups -OCH3 is 1. The highest BCUT2D eigenvalue weighted by atomic mass is 19.4. The Morgan fingerprint density at radius 2 is 1.67 bits per heavy atom. The highest BCUT2D eigenvalue weighted by Crippen LogP contribution is 2.24. The lowest BCUT2D eigenvalue weighted by molar-refractivity contribution is -0.274. The third-order valence-electron chi connectivity index (χ3n) is 2.56. The van der Waals surface area contributed by atoms with Gasteiger partial charge in [0.1, 0.15) is 5.75 Å². The van der Waals surface area contributed by atoms with E-state index in [9.17, 15) is 13.2 Å². The Morgan fingerprint density at radius 3 is 2.11 bits per heavy atom. The van der Waals surface area contributed by atoms with Gasteiger partial charge in [-0.15, -0.1) is 13.2 Å². The van der Waals surface area contributed by atoms with Crippen molar-refractivity contribution >= 4 is 5.69 Å². The predicted octanol–water partition coefficient (Wildman–Crippen LogP) is 3.42. The summed E-state index contributed by atoms with van der Waals surface area (Å²) in [4.78, 5) is 0. The zero-order chi connectivity index (χ0) is 13.8. The van der Waals surface area contributed by atoms with Gasteiger partial charge in [0.15, 0.2) is 0 Å². The minimum atomic E-state index is -4.66. The smallest absolute Gasteiger partial charge is 0.406 e. The summed E-state index contributed by atoms with van der Waals surface area (Å²) in [5.74, 6) is -0.236. The van der Waals surface area contributed by atoms with Crippen LogP contribution in [0.2, 0.25) is 0 Å². The Bertz CT molecular complexity index is 365. The molecular weight excluding hydrogens is 247 g/mol. The molecule has 3 nitrogen and oxygen atoms in total. The first-order chi connectivity index (χ1) is 8.31. The zero-order valence-corrected chi connectivity index (χ0v) is 10.4. The number of benzene rings is 1. The van der Waals surface area contributed by atoms with E-state index in [-0.39, 0.29) is 17.9 Å². The minimum Gasteiger partial charge on any atom is -0.406 e. The van der Waals surface area contributed by atoms with Crippen molar-refractivity contribution in [3.8, 4) is 5.75 Å². The van der Waals surface area contributed by atoms with Crippen LogP contribution in [0.5, 0.6) is 5.75 Å². The molecule has 1 N–H and O–H groups in total. The Hall–Kier alpha value is -1.43. The summed E-state index contributed by atoms with van der Waals surface area (Å²) in [6.45, 7) is 3.83. The number of nitrogens with one attached hydrogen (secondary N) is 1. The van der Waals surface area contributed by atoms with E-state index in [2.05, 4.69) is 10.1 Å². The van der Waals surface area contributed by atoms with Gasteiger partial charge in [-0.3, -0.25) is 0 Å². The predicted molar refractivity (Wildman–Crippen MR) is 62.7 cm³/mol. The van der Waals surface area contributed by atoms with Crippen molar-refractivity contribution in [1.29, 1.82) is 0 Å². The first kappa shape index (κ1) is 14.6. The molecule has 6 heteroatoms. The molecule has 0 amide bonds. The molecule has 0 saturated carbocycles. The van der Waals surface area contributed by atoms with Crippen molar-refractivity contribution in [1.82, 2.24) is 0 Å². The third kappa shape index (κ3) is 4.83. The fraction of sp³-hybridized carbons (Fsp3) is 0.500. The maximum atomic E-state index is 11.9. The summed E-state index contributed by atoms with van der Waals surface area (Å²) in [6, 6.07) is 5.63. The summed E-state index contributed by atoms with van der Waals surface area (Å²) in [6.07, 6.45) is -4.66. The lowest BCUT2D eigenvalue weighted by atomic mass is 10.2. The fourth-order valence-corrected chi connectivity index (χ4v) is 1.34. The van der Waals surface area contributed by atoms with E-state index < -0.39 is 6.36 Å². The van der Waals surface area contributed by atoms with Gasteiger partial charge in [0.05, 0.1) is 6.10 Å². The number of hydrogen-bond acceptors (Lipinski definition) is 3. The molecular formula is C12H16F3NO2. The molecule has 0 heterocycles. The molecule has 0 saturated heterocycles. The van der Waals surface area contributed by atoms with Crippen molar-refractivity contribution in [2.24, 2.45) is 0 Å². The van der Waals surface area contributed by atoms with Crippen LogP contribution in [0.15, 0.2) is 24.3 Å². The minimum absolute atomic E-state index is 0.00361. The van der Waals surface area contributed by atoms with Gasteiger partial charge in [-0.05, 0) is 38.1 Å². The second-order valence-electron chi connectivity index (χ2n) is 3.95. The van der Waals surface area contributed by atoms with Crippen LogP contribution in [0.3, 0.4) is 0 Å². The van der Waals surface area contributed by atoms with Gasteiger partial charge in [-0.25, -0.2) is 0 Å². The second-order valence-corrected chi connectivity index (χ2v) is 3.95. The summed E-state index contributed by atoms with van der Waals surface area (Å²) in [5, 5.41) is 3.12. The molecule has 1 rings (SSSR count). The van der Waals surface area contributed by atoms with E-state index in [1.807, 2.05) is 13.8 Å². The molecule has 0 aliphatic carbocycles. The van der Waals surface area contributed by atoms with Crippen molar-refractivity contribution in [2.45, 2.75) is 32.4 Å². The number of halogens is 3. The van der Waals surface area contributed by atoms with E-state index >= 15 is 0 Å². The Morgan fingerprint density at radius 1 is 1.11 bits per heavy atom. The molecule has 0 fully saturated rings. The van der Waals surface area contributed by atoms with Crippen molar-refractivity contribution < 1.29 is 22.6 Å². The van der Waals surface area contributed by atoms with Crippen LogP contribution < -0.4 is 10.1 Å². The quantitative estimate of drug-likeness (QED) is 0.883. The zero-order valence-electron chi connectivity index (χ0n) is 10.4. The number of hydrogen-bond donors (Lipinski definition) is 1. The van der Waals surface area contributed by atoms with Crippen LogP contribution in [-0.2, 0) is 4.74 Å². The average Bonchev–Trinajstić information content (AvgIpc) is 2.28.